The van der Waals surface area contributed by atoms with E-state index >= 15 is 0 Å². The van der Waals surface area contributed by atoms with Crippen LogP contribution in [-0.2, 0) is 23.0 Å². The molecule has 1 N–H and O–H groups in total. The van der Waals surface area contributed by atoms with Crippen molar-refractivity contribution in [2.24, 2.45) is 0 Å². The van der Waals surface area contributed by atoms with E-state index < -0.39 is 15.8 Å². The predicted octanol–water partition coefficient (Wildman–Crippen LogP) is 2.99. The third kappa shape index (κ3) is 5.82. The van der Waals surface area contributed by atoms with Gasteiger partial charge >= 0.3 is 0 Å². The van der Waals surface area contributed by atoms with Crippen molar-refractivity contribution >= 4 is 22.4 Å². The van der Waals surface area contributed by atoms with Gasteiger partial charge in [0.05, 0.1) is 19.1 Å². The van der Waals surface area contributed by atoms with E-state index in [1.54, 1.807) is 14.2 Å². The van der Waals surface area contributed by atoms with Crippen LogP contribution in [0.15, 0.2) is 41.3 Å². The molecule has 0 radical (unpaired) electrons. The monoisotopic (exact) mass is 444 g/mol. The van der Waals surface area contributed by atoms with Gasteiger partial charge in [-0.15, -0.1) is 12.4 Å². The number of hydrogen-bond acceptors (Lipinski definition) is 5. The molecule has 0 saturated carbocycles. The number of nitrogens with zero attached hydrogens (tertiary/aromatic N) is 1. The van der Waals surface area contributed by atoms with Gasteiger partial charge in [-0.25, -0.2) is 17.5 Å². The maximum Gasteiger partial charge on any atom is 0.240 e. The number of benzene rings is 2. The summed E-state index contributed by atoms with van der Waals surface area (Å²) in [6.07, 6.45) is 1.57. The van der Waals surface area contributed by atoms with Crippen LogP contribution >= 0.6 is 12.4 Å². The lowest BCUT2D eigenvalue weighted by Gasteiger charge is -2.29. The fourth-order valence-corrected chi connectivity index (χ4v) is 4.46. The van der Waals surface area contributed by atoms with E-state index in [1.165, 1.54) is 29.3 Å². The molecule has 1 aliphatic rings. The molecule has 0 amide bonds. The molecule has 6 nitrogen and oxygen atoms in total. The van der Waals surface area contributed by atoms with E-state index in [1.807, 2.05) is 12.1 Å². The minimum atomic E-state index is -3.69. The predicted molar refractivity (Wildman–Crippen MR) is 112 cm³/mol. The van der Waals surface area contributed by atoms with Crippen molar-refractivity contribution in [2.75, 3.05) is 33.9 Å². The third-order valence-electron chi connectivity index (χ3n) is 4.85. The molecular formula is C20H26ClFN2O4S. The first-order valence-corrected chi connectivity index (χ1v) is 10.6. The number of halogens is 2. The van der Waals surface area contributed by atoms with E-state index in [2.05, 4.69) is 9.62 Å². The number of hydrogen-bond donors (Lipinski definition) is 1. The maximum atomic E-state index is 13.2. The van der Waals surface area contributed by atoms with Crippen molar-refractivity contribution in [3.8, 4) is 11.5 Å². The lowest BCUT2D eigenvalue weighted by molar-refractivity contribution is 0.250. The Morgan fingerprint density at radius 3 is 2.45 bits per heavy atom. The molecule has 1 heterocycles. The van der Waals surface area contributed by atoms with Crippen LogP contribution in [0.4, 0.5) is 4.39 Å². The number of fused-ring (bicyclic) bond motifs is 1. The average Bonchev–Trinajstić information content (AvgIpc) is 2.70. The number of nitrogens with one attached hydrogen (secondary N) is 1. The number of sulfonamides is 1. The Morgan fingerprint density at radius 1 is 1.10 bits per heavy atom. The Kier molecular flexibility index (Phi) is 8.27. The van der Waals surface area contributed by atoms with Crippen LogP contribution in [0.5, 0.6) is 11.5 Å². The van der Waals surface area contributed by atoms with E-state index in [4.69, 9.17) is 9.47 Å². The standard InChI is InChI=1S/C20H25FN2O4S.ClH/c1-26-19-11-15-7-10-23(14-16(15)12-20(19)27-2)9-4-8-22-28(24,25)18-6-3-5-17(21)13-18;/h3,5-6,11-13,22H,4,7-10,14H2,1-2H3;1H. The number of rotatable bonds is 8. The Morgan fingerprint density at radius 2 is 1.79 bits per heavy atom. The Bertz CT molecular complexity index is 940. The SMILES string of the molecule is COc1cc2c(cc1OC)CN(CCCNS(=O)(=O)c1cccc(F)c1)CC2.Cl. The van der Waals surface area contributed by atoms with Crippen molar-refractivity contribution in [1.29, 1.82) is 0 Å². The maximum absolute atomic E-state index is 13.2. The summed E-state index contributed by atoms with van der Waals surface area (Å²) in [7, 11) is -0.440. The molecule has 0 saturated heterocycles. The summed E-state index contributed by atoms with van der Waals surface area (Å²) in [5, 5.41) is 0. The molecule has 0 aliphatic carbocycles. The van der Waals surface area contributed by atoms with Gasteiger partial charge in [0.1, 0.15) is 5.82 Å². The highest BCUT2D eigenvalue weighted by molar-refractivity contribution is 7.89. The van der Waals surface area contributed by atoms with Crippen molar-refractivity contribution < 1.29 is 22.3 Å². The first-order chi connectivity index (χ1) is 13.4. The molecule has 29 heavy (non-hydrogen) atoms. The highest BCUT2D eigenvalue weighted by Crippen LogP contribution is 2.33. The average molecular weight is 445 g/mol. The van der Waals surface area contributed by atoms with E-state index in [0.717, 1.165) is 37.9 Å². The molecular weight excluding hydrogens is 419 g/mol. The zero-order chi connectivity index (χ0) is 20.1. The highest BCUT2D eigenvalue weighted by Gasteiger charge is 2.19. The minimum absolute atomic E-state index is 0. The summed E-state index contributed by atoms with van der Waals surface area (Å²) >= 11 is 0. The molecule has 2 aromatic carbocycles. The second kappa shape index (κ2) is 10.2. The van der Waals surface area contributed by atoms with Crippen LogP contribution in [0, 0.1) is 5.82 Å². The molecule has 0 fully saturated rings. The van der Waals surface area contributed by atoms with Gasteiger partial charge in [-0.05, 0) is 60.8 Å². The lowest BCUT2D eigenvalue weighted by atomic mass is 9.98. The van der Waals surface area contributed by atoms with Crippen molar-refractivity contribution in [3.05, 3.63) is 53.3 Å². The van der Waals surface area contributed by atoms with E-state index in [-0.39, 0.29) is 17.3 Å². The first kappa shape index (κ1) is 23.4. The van der Waals surface area contributed by atoms with Gasteiger partial charge < -0.3 is 9.47 Å². The van der Waals surface area contributed by atoms with Crippen LogP contribution in [0.25, 0.3) is 0 Å². The normalized spacial score (nSPS) is 14.0. The van der Waals surface area contributed by atoms with Gasteiger partial charge in [0.2, 0.25) is 10.0 Å². The fourth-order valence-electron chi connectivity index (χ4n) is 3.36. The molecule has 160 valence electrons. The molecule has 0 spiro atoms. The summed E-state index contributed by atoms with van der Waals surface area (Å²) in [5.41, 5.74) is 2.45. The van der Waals surface area contributed by atoms with Gasteiger partial charge in [-0.2, -0.15) is 0 Å². The van der Waals surface area contributed by atoms with Crippen molar-refractivity contribution in [3.63, 3.8) is 0 Å². The highest BCUT2D eigenvalue weighted by atomic mass is 35.5. The minimum Gasteiger partial charge on any atom is -0.493 e. The van der Waals surface area contributed by atoms with Crippen LogP contribution < -0.4 is 14.2 Å². The van der Waals surface area contributed by atoms with Crippen molar-refractivity contribution in [1.82, 2.24) is 9.62 Å². The Hall–Kier alpha value is -1.87. The summed E-state index contributed by atoms with van der Waals surface area (Å²) in [6.45, 7) is 2.75. The summed E-state index contributed by atoms with van der Waals surface area (Å²) < 4.78 is 50.9. The fraction of sp³-hybridized carbons (Fsp3) is 0.400. The third-order valence-corrected chi connectivity index (χ3v) is 6.31. The molecule has 2 aromatic rings. The topological polar surface area (TPSA) is 67.9 Å². The van der Waals surface area contributed by atoms with E-state index in [9.17, 15) is 12.8 Å². The second-order valence-corrected chi connectivity index (χ2v) is 8.48. The first-order valence-electron chi connectivity index (χ1n) is 9.14. The van der Waals surface area contributed by atoms with Crippen LogP contribution in [-0.4, -0.2) is 47.2 Å². The Balaban J connectivity index is 0.00000300. The lowest BCUT2D eigenvalue weighted by Crippen LogP contribution is -2.33. The molecule has 0 unspecified atom stereocenters. The largest absolute Gasteiger partial charge is 0.493 e. The quantitative estimate of drug-likeness (QED) is 0.634. The number of methoxy groups -OCH3 is 2. The van der Waals surface area contributed by atoms with Gasteiger partial charge in [-0.1, -0.05) is 6.07 Å². The van der Waals surface area contributed by atoms with Gasteiger partial charge in [0.15, 0.2) is 11.5 Å². The second-order valence-electron chi connectivity index (χ2n) is 6.71. The Labute approximate surface area is 177 Å². The van der Waals surface area contributed by atoms with E-state index in [0.29, 0.717) is 18.7 Å². The molecule has 1 aliphatic heterocycles. The zero-order valence-electron chi connectivity index (χ0n) is 16.5. The summed E-state index contributed by atoms with van der Waals surface area (Å²) in [4.78, 5) is 2.23. The number of ether oxygens (including phenoxy) is 2. The van der Waals surface area contributed by atoms with Gasteiger partial charge in [0, 0.05) is 19.6 Å². The molecule has 3 rings (SSSR count). The van der Waals surface area contributed by atoms with Crippen molar-refractivity contribution in [2.45, 2.75) is 24.3 Å². The molecule has 0 atom stereocenters. The van der Waals surface area contributed by atoms with Crippen LogP contribution in [0.1, 0.15) is 17.5 Å². The summed E-state index contributed by atoms with van der Waals surface area (Å²) in [6, 6.07) is 9.04. The zero-order valence-corrected chi connectivity index (χ0v) is 18.1. The van der Waals surface area contributed by atoms with Gasteiger partial charge in [0.25, 0.3) is 0 Å². The molecule has 0 bridgehead atoms. The van der Waals surface area contributed by atoms with Crippen LogP contribution in [0.2, 0.25) is 0 Å². The molecule has 9 heteroatoms. The smallest absolute Gasteiger partial charge is 0.240 e. The summed E-state index contributed by atoms with van der Waals surface area (Å²) in [5.74, 6) is 0.884. The molecule has 0 aromatic heterocycles. The van der Waals surface area contributed by atoms with Gasteiger partial charge in [-0.3, -0.25) is 4.90 Å². The van der Waals surface area contributed by atoms with Crippen LogP contribution in [0.3, 0.4) is 0 Å².